The van der Waals surface area contributed by atoms with E-state index >= 15 is 0 Å². The Balaban J connectivity index is 1.74. The van der Waals surface area contributed by atoms with E-state index < -0.39 is 11.9 Å². The molecule has 0 amide bonds. The lowest BCUT2D eigenvalue weighted by Gasteiger charge is -2.13. The Bertz CT molecular complexity index is 1090. The number of carbonyl (C=O) groups is 2. The number of esters is 2. The Labute approximate surface area is 191 Å². The van der Waals surface area contributed by atoms with Gasteiger partial charge < -0.3 is 28.4 Å². The molecule has 8 nitrogen and oxygen atoms in total. The van der Waals surface area contributed by atoms with Crippen LogP contribution >= 0.6 is 0 Å². The first kappa shape index (κ1) is 23.5. The molecule has 3 aromatic carbocycles. The van der Waals surface area contributed by atoms with Gasteiger partial charge in [0.15, 0.2) is 0 Å². The van der Waals surface area contributed by atoms with Crippen LogP contribution in [0, 0.1) is 0 Å². The number of carbonyl (C=O) groups excluding carboxylic acids is 2. The van der Waals surface area contributed by atoms with Crippen molar-refractivity contribution in [2.75, 3.05) is 28.4 Å². The highest BCUT2D eigenvalue weighted by Gasteiger charge is 2.22. The molecule has 0 N–H and O–H groups in total. The van der Waals surface area contributed by atoms with E-state index in [4.69, 9.17) is 28.4 Å². The van der Waals surface area contributed by atoms with Crippen molar-refractivity contribution in [3.63, 3.8) is 0 Å². The van der Waals surface area contributed by atoms with E-state index in [1.807, 2.05) is 0 Å². The lowest BCUT2D eigenvalue weighted by atomic mass is 10.1. The van der Waals surface area contributed by atoms with Gasteiger partial charge in [-0.05, 0) is 42.0 Å². The molecule has 0 fully saturated rings. The normalized spacial score (nSPS) is 10.2. The fraction of sp³-hybridized carbons (Fsp3) is 0.200. The Hall–Kier alpha value is -4.20. The zero-order valence-electron chi connectivity index (χ0n) is 18.7. The molecule has 0 aromatic heterocycles. The fourth-order valence-corrected chi connectivity index (χ4v) is 3.18. The molecular formula is C25H24O8. The van der Waals surface area contributed by atoms with Gasteiger partial charge in [0.25, 0.3) is 0 Å². The van der Waals surface area contributed by atoms with Gasteiger partial charge in [0.05, 0.1) is 28.4 Å². The van der Waals surface area contributed by atoms with Crippen LogP contribution in [-0.4, -0.2) is 40.4 Å². The van der Waals surface area contributed by atoms with Crippen molar-refractivity contribution in [2.45, 2.75) is 6.61 Å². The molecular weight excluding hydrogens is 428 g/mol. The second-order valence-corrected chi connectivity index (χ2v) is 6.69. The first-order valence-electron chi connectivity index (χ1n) is 9.92. The minimum absolute atomic E-state index is 0.0522. The van der Waals surface area contributed by atoms with Gasteiger partial charge in [-0.3, -0.25) is 0 Å². The Morgan fingerprint density at radius 2 is 1.09 bits per heavy atom. The standard InChI is InChI=1S/C25H24O8/c1-28-18-10-6-11-19(29-2)22(18)24(26)32-15-16-8-5-9-17(14-16)33-25(27)23-20(30-3)12-7-13-21(23)31-4/h5-14H,15H2,1-4H3. The lowest BCUT2D eigenvalue weighted by Crippen LogP contribution is -2.12. The maximum absolute atomic E-state index is 12.8. The van der Waals surface area contributed by atoms with Gasteiger partial charge in [-0.1, -0.05) is 24.3 Å². The number of hydrogen-bond acceptors (Lipinski definition) is 8. The predicted octanol–water partition coefficient (Wildman–Crippen LogP) is 4.30. The van der Waals surface area contributed by atoms with Crippen LogP contribution in [0.4, 0.5) is 0 Å². The Morgan fingerprint density at radius 3 is 1.58 bits per heavy atom. The molecule has 0 heterocycles. The molecule has 33 heavy (non-hydrogen) atoms. The van der Waals surface area contributed by atoms with Gasteiger partial charge in [0, 0.05) is 0 Å². The second kappa shape index (κ2) is 10.9. The fourth-order valence-electron chi connectivity index (χ4n) is 3.18. The van der Waals surface area contributed by atoms with Gasteiger partial charge in [0.2, 0.25) is 0 Å². The van der Waals surface area contributed by atoms with Gasteiger partial charge in [-0.2, -0.15) is 0 Å². The van der Waals surface area contributed by atoms with Crippen molar-refractivity contribution in [3.8, 4) is 28.7 Å². The third-order valence-electron chi connectivity index (χ3n) is 4.74. The quantitative estimate of drug-likeness (QED) is 0.351. The first-order valence-corrected chi connectivity index (χ1v) is 9.92. The maximum atomic E-state index is 12.8. The molecule has 0 bridgehead atoms. The molecule has 0 saturated heterocycles. The van der Waals surface area contributed by atoms with Gasteiger partial charge >= 0.3 is 11.9 Å². The van der Waals surface area contributed by atoms with Crippen molar-refractivity contribution < 1.29 is 38.0 Å². The van der Waals surface area contributed by atoms with E-state index in [-0.39, 0.29) is 23.5 Å². The summed E-state index contributed by atoms with van der Waals surface area (Å²) in [6.45, 7) is -0.0522. The van der Waals surface area contributed by atoms with Gasteiger partial charge in [-0.25, -0.2) is 9.59 Å². The monoisotopic (exact) mass is 452 g/mol. The molecule has 172 valence electrons. The molecule has 0 aliphatic rings. The number of rotatable bonds is 9. The van der Waals surface area contributed by atoms with Gasteiger partial charge in [0.1, 0.15) is 46.5 Å². The summed E-state index contributed by atoms with van der Waals surface area (Å²) >= 11 is 0. The summed E-state index contributed by atoms with van der Waals surface area (Å²) in [5.74, 6) is 0.366. The van der Waals surface area contributed by atoms with Crippen molar-refractivity contribution >= 4 is 11.9 Å². The Kier molecular flexibility index (Phi) is 7.75. The molecule has 3 rings (SSSR count). The van der Waals surface area contributed by atoms with Crippen molar-refractivity contribution in [3.05, 3.63) is 77.4 Å². The van der Waals surface area contributed by atoms with E-state index in [2.05, 4.69) is 0 Å². The highest BCUT2D eigenvalue weighted by Crippen LogP contribution is 2.31. The van der Waals surface area contributed by atoms with Crippen LogP contribution in [0.1, 0.15) is 26.3 Å². The van der Waals surface area contributed by atoms with Crippen molar-refractivity contribution in [1.29, 1.82) is 0 Å². The first-order chi connectivity index (χ1) is 16.0. The Morgan fingerprint density at radius 1 is 0.636 bits per heavy atom. The van der Waals surface area contributed by atoms with E-state index in [9.17, 15) is 9.59 Å². The van der Waals surface area contributed by atoms with Crippen LogP contribution in [0.3, 0.4) is 0 Å². The number of ether oxygens (including phenoxy) is 6. The molecule has 0 aliphatic heterocycles. The molecule has 8 heteroatoms. The minimum atomic E-state index is -0.641. The lowest BCUT2D eigenvalue weighted by molar-refractivity contribution is 0.0463. The maximum Gasteiger partial charge on any atom is 0.351 e. The largest absolute Gasteiger partial charge is 0.496 e. The summed E-state index contributed by atoms with van der Waals surface area (Å²) in [6, 6.07) is 16.6. The second-order valence-electron chi connectivity index (χ2n) is 6.69. The van der Waals surface area contributed by atoms with Crippen LogP contribution < -0.4 is 23.7 Å². The summed E-state index contributed by atoms with van der Waals surface area (Å²) in [4.78, 5) is 25.5. The molecule has 0 aliphatic carbocycles. The summed E-state index contributed by atoms with van der Waals surface area (Å²) < 4.78 is 32.0. The number of benzene rings is 3. The average Bonchev–Trinajstić information content (AvgIpc) is 2.86. The smallest absolute Gasteiger partial charge is 0.351 e. The topological polar surface area (TPSA) is 89.5 Å². The minimum Gasteiger partial charge on any atom is -0.496 e. The third kappa shape index (κ3) is 5.35. The molecule has 0 spiro atoms. The van der Waals surface area contributed by atoms with Crippen molar-refractivity contribution in [2.24, 2.45) is 0 Å². The summed E-state index contributed by atoms with van der Waals surface area (Å²) in [5.41, 5.74) is 0.977. The van der Waals surface area contributed by atoms with Crippen LogP contribution in [0.2, 0.25) is 0 Å². The summed E-state index contributed by atoms with van der Waals surface area (Å²) in [6.07, 6.45) is 0. The average molecular weight is 452 g/mol. The highest BCUT2D eigenvalue weighted by atomic mass is 16.5. The van der Waals surface area contributed by atoms with Crippen molar-refractivity contribution in [1.82, 2.24) is 0 Å². The zero-order valence-corrected chi connectivity index (χ0v) is 18.7. The van der Waals surface area contributed by atoms with E-state index in [0.29, 0.717) is 28.6 Å². The predicted molar refractivity (Wildman–Crippen MR) is 120 cm³/mol. The SMILES string of the molecule is COc1cccc(OC)c1C(=O)OCc1cccc(OC(=O)c2c(OC)cccc2OC)c1. The number of methoxy groups -OCH3 is 4. The molecule has 0 saturated carbocycles. The van der Waals surface area contributed by atoms with Crippen LogP contribution in [-0.2, 0) is 11.3 Å². The number of hydrogen-bond donors (Lipinski definition) is 0. The molecule has 0 radical (unpaired) electrons. The molecule has 3 aromatic rings. The zero-order chi connectivity index (χ0) is 23.8. The highest BCUT2D eigenvalue weighted by molar-refractivity contribution is 5.97. The van der Waals surface area contributed by atoms with E-state index in [1.54, 1.807) is 60.7 Å². The summed E-state index contributed by atoms with van der Waals surface area (Å²) in [7, 11) is 5.83. The van der Waals surface area contributed by atoms with E-state index in [1.165, 1.54) is 28.4 Å². The van der Waals surface area contributed by atoms with Crippen LogP contribution in [0.25, 0.3) is 0 Å². The van der Waals surface area contributed by atoms with Gasteiger partial charge in [-0.15, -0.1) is 0 Å². The third-order valence-corrected chi connectivity index (χ3v) is 4.74. The van der Waals surface area contributed by atoms with E-state index in [0.717, 1.165) is 0 Å². The van der Waals surface area contributed by atoms with Crippen LogP contribution in [0.15, 0.2) is 60.7 Å². The molecule has 0 unspecified atom stereocenters. The summed E-state index contributed by atoms with van der Waals surface area (Å²) in [5, 5.41) is 0. The van der Waals surface area contributed by atoms with Crippen LogP contribution in [0.5, 0.6) is 28.7 Å². The molecule has 0 atom stereocenters.